The molecule has 100 valence electrons. The minimum atomic E-state index is 0.354. The molecule has 19 heavy (non-hydrogen) atoms. The van der Waals surface area contributed by atoms with Crippen LogP contribution in [0.1, 0.15) is 0 Å². The van der Waals surface area contributed by atoms with Crippen LogP contribution in [0.5, 0.6) is 17.2 Å². The molecule has 0 bridgehead atoms. The van der Waals surface area contributed by atoms with Gasteiger partial charge in [0.05, 0.1) is 21.6 Å². The maximum Gasteiger partial charge on any atom is 0.164 e. The maximum absolute atomic E-state index is 6.07. The second-order valence-electron chi connectivity index (χ2n) is 3.71. The van der Waals surface area contributed by atoms with Crippen LogP contribution in [0.15, 0.2) is 34.8 Å². The molecule has 0 aliphatic carbocycles. The number of anilines is 1. The molecule has 6 heteroatoms. The molecular weight excluding hydrogens is 353 g/mol. The molecule has 0 spiro atoms. The van der Waals surface area contributed by atoms with E-state index in [0.29, 0.717) is 33.0 Å². The van der Waals surface area contributed by atoms with Crippen molar-refractivity contribution >= 4 is 44.8 Å². The van der Waals surface area contributed by atoms with Gasteiger partial charge in [0.1, 0.15) is 11.5 Å². The average molecular weight is 363 g/mol. The van der Waals surface area contributed by atoms with Crippen molar-refractivity contribution in [1.82, 2.24) is 0 Å². The van der Waals surface area contributed by atoms with E-state index in [1.165, 1.54) is 0 Å². The number of methoxy groups -OCH3 is 1. The van der Waals surface area contributed by atoms with Crippen LogP contribution in [0.25, 0.3) is 0 Å². The van der Waals surface area contributed by atoms with Gasteiger partial charge >= 0.3 is 0 Å². The quantitative estimate of drug-likeness (QED) is 0.769. The summed E-state index contributed by atoms with van der Waals surface area (Å²) in [6.07, 6.45) is 0. The van der Waals surface area contributed by atoms with Crippen LogP contribution in [0, 0.1) is 0 Å². The molecule has 3 nitrogen and oxygen atoms in total. The molecule has 0 fully saturated rings. The predicted molar refractivity (Wildman–Crippen MR) is 81.6 cm³/mol. The van der Waals surface area contributed by atoms with Crippen molar-refractivity contribution in [2.75, 3.05) is 12.8 Å². The van der Waals surface area contributed by atoms with Gasteiger partial charge in [-0.05, 0) is 46.3 Å². The normalized spacial score (nSPS) is 10.3. The first kappa shape index (κ1) is 14.3. The van der Waals surface area contributed by atoms with E-state index >= 15 is 0 Å². The van der Waals surface area contributed by atoms with Crippen molar-refractivity contribution < 1.29 is 9.47 Å². The zero-order valence-corrected chi connectivity index (χ0v) is 13.0. The lowest BCUT2D eigenvalue weighted by Crippen LogP contribution is -1.91. The van der Waals surface area contributed by atoms with Gasteiger partial charge in [0.2, 0.25) is 0 Å². The average Bonchev–Trinajstić information content (AvgIpc) is 2.35. The van der Waals surface area contributed by atoms with Crippen LogP contribution >= 0.6 is 39.1 Å². The number of rotatable bonds is 3. The summed E-state index contributed by atoms with van der Waals surface area (Å²) in [4.78, 5) is 0. The Labute approximate surface area is 129 Å². The summed E-state index contributed by atoms with van der Waals surface area (Å²) >= 11 is 15.5. The summed E-state index contributed by atoms with van der Waals surface area (Å²) < 4.78 is 11.5. The van der Waals surface area contributed by atoms with Crippen molar-refractivity contribution in [2.45, 2.75) is 0 Å². The third-order valence-electron chi connectivity index (χ3n) is 2.37. The lowest BCUT2D eigenvalue weighted by Gasteiger charge is -2.12. The van der Waals surface area contributed by atoms with Gasteiger partial charge in [-0.3, -0.25) is 0 Å². The summed E-state index contributed by atoms with van der Waals surface area (Å²) in [5.74, 6) is 1.66. The number of hydrogen-bond donors (Lipinski definition) is 1. The van der Waals surface area contributed by atoms with Crippen molar-refractivity contribution in [1.29, 1.82) is 0 Å². The number of benzene rings is 2. The number of hydrogen-bond acceptors (Lipinski definition) is 3. The lowest BCUT2D eigenvalue weighted by atomic mass is 10.3. The van der Waals surface area contributed by atoms with E-state index < -0.39 is 0 Å². The van der Waals surface area contributed by atoms with Gasteiger partial charge in [0.25, 0.3) is 0 Å². The zero-order valence-electron chi connectivity index (χ0n) is 9.91. The fourth-order valence-corrected chi connectivity index (χ4v) is 2.50. The summed E-state index contributed by atoms with van der Waals surface area (Å²) in [6.45, 7) is 0. The second-order valence-corrected chi connectivity index (χ2v) is 5.38. The molecule has 0 saturated carbocycles. The molecule has 0 aliphatic rings. The summed E-state index contributed by atoms with van der Waals surface area (Å²) in [7, 11) is 1.59. The van der Waals surface area contributed by atoms with E-state index in [2.05, 4.69) is 15.9 Å². The fraction of sp³-hybridized carbons (Fsp3) is 0.0769. The number of halogens is 3. The largest absolute Gasteiger partial charge is 0.497 e. The van der Waals surface area contributed by atoms with Crippen LogP contribution in [0.3, 0.4) is 0 Å². The van der Waals surface area contributed by atoms with Gasteiger partial charge in [-0.25, -0.2) is 0 Å². The Bertz CT molecular complexity index is 597. The number of ether oxygens (including phenoxy) is 2. The van der Waals surface area contributed by atoms with Crippen molar-refractivity contribution in [2.24, 2.45) is 0 Å². The first-order valence-corrected chi connectivity index (χ1v) is 6.82. The monoisotopic (exact) mass is 361 g/mol. The molecular formula is C13H10BrCl2NO2. The zero-order chi connectivity index (χ0) is 14.0. The Balaban J connectivity index is 2.36. The molecule has 2 rings (SSSR count). The van der Waals surface area contributed by atoms with Gasteiger partial charge < -0.3 is 15.2 Å². The molecule has 0 atom stereocenters. The topological polar surface area (TPSA) is 44.5 Å². The Morgan fingerprint density at radius 1 is 1.11 bits per heavy atom. The molecule has 2 aromatic carbocycles. The van der Waals surface area contributed by atoms with Crippen LogP contribution < -0.4 is 15.2 Å². The van der Waals surface area contributed by atoms with Crippen molar-refractivity contribution in [3.05, 3.63) is 44.8 Å². The van der Waals surface area contributed by atoms with Gasteiger partial charge in [-0.1, -0.05) is 23.2 Å². The highest BCUT2D eigenvalue weighted by molar-refractivity contribution is 9.10. The van der Waals surface area contributed by atoms with Gasteiger partial charge in [-0.2, -0.15) is 0 Å². The predicted octanol–water partition coefficient (Wildman–Crippen LogP) is 5.14. The minimum Gasteiger partial charge on any atom is -0.497 e. The van der Waals surface area contributed by atoms with Gasteiger partial charge in [0.15, 0.2) is 5.75 Å². The fourth-order valence-electron chi connectivity index (χ4n) is 1.48. The molecule has 2 aromatic rings. The first-order chi connectivity index (χ1) is 9.01. The van der Waals surface area contributed by atoms with Crippen LogP contribution in [-0.2, 0) is 0 Å². The van der Waals surface area contributed by atoms with Crippen LogP contribution in [-0.4, -0.2) is 7.11 Å². The van der Waals surface area contributed by atoms with Crippen LogP contribution in [0.4, 0.5) is 5.69 Å². The molecule has 0 aromatic heterocycles. The molecule has 0 heterocycles. The van der Waals surface area contributed by atoms with E-state index in [1.807, 2.05) is 0 Å². The highest BCUT2D eigenvalue weighted by Crippen LogP contribution is 2.40. The summed E-state index contributed by atoms with van der Waals surface area (Å²) in [5, 5.41) is 0.709. The molecule has 2 N–H and O–H groups in total. The summed E-state index contributed by atoms with van der Waals surface area (Å²) in [5.41, 5.74) is 6.12. The van der Waals surface area contributed by atoms with Gasteiger partial charge in [0, 0.05) is 5.69 Å². The van der Waals surface area contributed by atoms with Crippen molar-refractivity contribution in [3.63, 3.8) is 0 Å². The van der Waals surface area contributed by atoms with E-state index in [1.54, 1.807) is 37.4 Å². The highest BCUT2D eigenvalue weighted by Gasteiger charge is 2.12. The number of nitrogen functional groups attached to an aromatic ring is 1. The molecule has 0 unspecified atom stereocenters. The third kappa shape index (κ3) is 3.26. The Morgan fingerprint density at radius 2 is 1.74 bits per heavy atom. The van der Waals surface area contributed by atoms with E-state index in [0.717, 1.165) is 4.47 Å². The highest BCUT2D eigenvalue weighted by atomic mass is 79.9. The molecule has 0 amide bonds. The molecule has 0 saturated heterocycles. The Morgan fingerprint density at radius 3 is 2.26 bits per heavy atom. The van der Waals surface area contributed by atoms with E-state index in [-0.39, 0.29) is 0 Å². The Hall–Kier alpha value is -1.10. The summed E-state index contributed by atoms with van der Waals surface area (Å²) in [6, 6.07) is 8.49. The minimum absolute atomic E-state index is 0.354. The molecule has 0 radical (unpaired) electrons. The molecule has 0 aliphatic heterocycles. The lowest BCUT2D eigenvalue weighted by molar-refractivity contribution is 0.412. The first-order valence-electron chi connectivity index (χ1n) is 5.27. The third-order valence-corrected chi connectivity index (χ3v) is 3.55. The van der Waals surface area contributed by atoms with Crippen LogP contribution in [0.2, 0.25) is 10.0 Å². The SMILES string of the molecule is COc1ccc(Oc2c(Cl)cc(N)cc2Cl)c(Br)c1. The smallest absolute Gasteiger partial charge is 0.164 e. The number of nitrogens with two attached hydrogens (primary N) is 1. The maximum atomic E-state index is 6.07. The standard InChI is InChI=1S/C13H10BrCl2NO2/c1-18-8-2-3-12(9(14)6-8)19-13-10(15)4-7(17)5-11(13)16/h2-6H,17H2,1H3. The van der Waals surface area contributed by atoms with E-state index in [9.17, 15) is 0 Å². The van der Waals surface area contributed by atoms with E-state index in [4.69, 9.17) is 38.4 Å². The second kappa shape index (κ2) is 5.90. The Kier molecular flexibility index (Phi) is 4.45. The van der Waals surface area contributed by atoms with Crippen molar-refractivity contribution in [3.8, 4) is 17.2 Å². The van der Waals surface area contributed by atoms with Gasteiger partial charge in [-0.15, -0.1) is 0 Å².